The summed E-state index contributed by atoms with van der Waals surface area (Å²) in [6.07, 6.45) is 8.54. The van der Waals surface area contributed by atoms with Crippen LogP contribution in [0.4, 0.5) is 0 Å². The van der Waals surface area contributed by atoms with Gasteiger partial charge in [0.25, 0.3) is 0 Å². The Morgan fingerprint density at radius 1 is 0.593 bits per heavy atom. The van der Waals surface area contributed by atoms with Crippen molar-refractivity contribution in [1.29, 1.82) is 0 Å². The van der Waals surface area contributed by atoms with Gasteiger partial charge in [-0.3, -0.25) is 0 Å². The van der Waals surface area contributed by atoms with Crippen molar-refractivity contribution in [1.82, 2.24) is 10.5 Å². The molecular formula is C46H54BCl2N2O2Zr. The minimum absolute atomic E-state index is 0.190. The third kappa shape index (κ3) is 6.94. The van der Waals surface area contributed by atoms with Gasteiger partial charge >= 0.3 is 334 Å². The van der Waals surface area contributed by atoms with E-state index in [1.807, 2.05) is 13.8 Å². The molecule has 0 heterocycles. The zero-order valence-electron chi connectivity index (χ0n) is 33.1. The maximum absolute atomic E-state index is 13.7. The first-order valence-electron chi connectivity index (χ1n) is 19.8. The normalized spacial score (nSPS) is 16.8. The maximum atomic E-state index is 13.7. The van der Waals surface area contributed by atoms with Crippen molar-refractivity contribution in [2.24, 2.45) is 0 Å². The topological polar surface area (TPSA) is 58.2 Å². The van der Waals surface area contributed by atoms with E-state index in [2.05, 4.69) is 137 Å². The molecule has 54 heavy (non-hydrogen) atoms. The Balaban J connectivity index is 1.71. The van der Waals surface area contributed by atoms with Crippen molar-refractivity contribution < 1.29 is 25.8 Å². The number of amides is 2. The Labute approximate surface area is 331 Å². The molecule has 0 bridgehead atoms. The fourth-order valence-corrected chi connectivity index (χ4v) is 29.9. The van der Waals surface area contributed by atoms with E-state index in [1.165, 1.54) is 44.5 Å². The number of carbonyl (C=O) groups is 2. The van der Waals surface area contributed by atoms with E-state index in [1.54, 1.807) is 0 Å². The summed E-state index contributed by atoms with van der Waals surface area (Å²) in [4.78, 5) is 27.3. The van der Waals surface area contributed by atoms with Crippen molar-refractivity contribution in [3.05, 3.63) is 128 Å². The molecule has 4 aromatic rings. The van der Waals surface area contributed by atoms with Gasteiger partial charge in [-0.15, -0.1) is 0 Å². The number of rotatable bonds is 13. The molecule has 2 N–H and O–H groups in total. The SMILES string of the molecule is CCCC1=Cc2c(-c3cccc(C)c3C)cccc2[CH]1[Zr]([Cl])([Cl])([B](NC(=O)CC)NC(=O)CC)[CH]1C(CCC)=Cc2c(-c3cccc(C)c3C)cccc21. The number of nitrogens with one attached hydrogen (secondary N) is 2. The van der Waals surface area contributed by atoms with Crippen LogP contribution in [0.5, 0.6) is 0 Å². The molecule has 281 valence electrons. The molecule has 2 aliphatic carbocycles. The van der Waals surface area contributed by atoms with Gasteiger partial charge in [0.2, 0.25) is 0 Å². The second-order valence-electron chi connectivity index (χ2n) is 15.4. The number of aryl methyl sites for hydroxylation is 2. The molecule has 0 saturated heterocycles. The number of fused-ring (bicyclic) bond motifs is 2. The molecule has 4 nitrogen and oxygen atoms in total. The molecule has 0 aromatic heterocycles. The van der Waals surface area contributed by atoms with Crippen LogP contribution in [0.2, 0.25) is 0 Å². The predicted molar refractivity (Wildman–Crippen MR) is 228 cm³/mol. The van der Waals surface area contributed by atoms with Crippen LogP contribution in [0.25, 0.3) is 34.4 Å². The van der Waals surface area contributed by atoms with Gasteiger partial charge in [0, 0.05) is 0 Å². The first kappa shape index (κ1) is 40.5. The third-order valence-electron chi connectivity index (χ3n) is 12.1. The summed E-state index contributed by atoms with van der Waals surface area (Å²) in [6, 6.07) is 26.0. The van der Waals surface area contributed by atoms with Gasteiger partial charge < -0.3 is 0 Å². The Hall–Kier alpha value is -3.17. The molecule has 2 unspecified atom stereocenters. The zero-order valence-corrected chi connectivity index (χ0v) is 37.1. The van der Waals surface area contributed by atoms with Crippen LogP contribution in [-0.4, -0.2) is 16.3 Å². The summed E-state index contributed by atoms with van der Waals surface area (Å²) in [6.45, 7) is 16.7. The second-order valence-corrected chi connectivity index (χ2v) is 36.8. The average Bonchev–Trinajstić information content (AvgIpc) is 3.73. The Kier molecular flexibility index (Phi) is 12.1. The van der Waals surface area contributed by atoms with E-state index in [0.29, 0.717) is 0 Å². The molecule has 0 radical (unpaired) electrons. The van der Waals surface area contributed by atoms with Gasteiger partial charge in [0.1, 0.15) is 0 Å². The molecule has 4 aromatic carbocycles. The van der Waals surface area contributed by atoms with E-state index in [-0.39, 0.29) is 31.9 Å². The van der Waals surface area contributed by atoms with Crippen LogP contribution in [-0.2, 0) is 25.8 Å². The molecule has 0 aliphatic heterocycles. The van der Waals surface area contributed by atoms with E-state index in [9.17, 15) is 9.59 Å². The van der Waals surface area contributed by atoms with Crippen molar-refractivity contribution in [2.45, 2.75) is 101 Å². The Morgan fingerprint density at radius 3 is 1.33 bits per heavy atom. The van der Waals surface area contributed by atoms with Gasteiger partial charge in [0.05, 0.1) is 0 Å². The van der Waals surface area contributed by atoms with E-state index >= 15 is 0 Å². The molecule has 0 fully saturated rings. The molecule has 2 aliphatic rings. The monoisotopic (exact) mass is 837 g/mol. The number of carbonyl (C=O) groups excluding carboxylic acids is 2. The van der Waals surface area contributed by atoms with Crippen LogP contribution in [0.3, 0.4) is 0 Å². The molecule has 2 atom stereocenters. The van der Waals surface area contributed by atoms with Crippen molar-refractivity contribution >= 4 is 45.5 Å². The fraction of sp³-hybridized carbons (Fsp3) is 0.348. The van der Waals surface area contributed by atoms with Crippen LogP contribution in [0.1, 0.15) is 118 Å². The van der Waals surface area contributed by atoms with Crippen molar-refractivity contribution in [3.63, 3.8) is 0 Å². The van der Waals surface area contributed by atoms with Crippen molar-refractivity contribution in [3.8, 4) is 22.3 Å². The summed E-state index contributed by atoms with van der Waals surface area (Å²) >= 11 is -5.96. The number of allylic oxidation sites excluding steroid dienone is 2. The quantitative estimate of drug-likeness (QED) is 0.132. The minimum atomic E-state index is -5.96. The van der Waals surface area contributed by atoms with E-state index in [4.69, 9.17) is 17.0 Å². The summed E-state index contributed by atoms with van der Waals surface area (Å²) in [5, 5.41) is 6.57. The summed E-state index contributed by atoms with van der Waals surface area (Å²) in [5.41, 5.74) is 16.4. The molecule has 8 heteroatoms. The fourth-order valence-electron chi connectivity index (χ4n) is 9.14. The standard InChI is InChI=1S/2C20H21.C6H11BN2O2.2ClH.Zr/c2*1-4-7-16-12-17-9-6-11-19(20(17)13-16)18-10-5-8-14(2)15(18)3;1-3-5(10)8-7-9-6(11)4-2;;;/h2*5-6,8-13H,4,7H2,1-3H3;3-4H2,1-2H3,(H-,8,9,10,11);2*1H;/q;;;;;+1/p-1. The van der Waals surface area contributed by atoms with Gasteiger partial charge in [0.15, 0.2) is 0 Å². The average molecular weight is 840 g/mol. The number of halogens is 2. The molecule has 2 amide bonds. The molecular weight excluding hydrogens is 785 g/mol. The Morgan fingerprint density at radius 2 is 0.963 bits per heavy atom. The van der Waals surface area contributed by atoms with Gasteiger partial charge in [-0.05, 0) is 0 Å². The Bertz CT molecular complexity index is 2040. The number of hydrogen-bond acceptors (Lipinski definition) is 2. The van der Waals surface area contributed by atoms with Crippen LogP contribution in [0, 0.1) is 27.7 Å². The second kappa shape index (κ2) is 16.1. The van der Waals surface area contributed by atoms with Crippen LogP contribution < -0.4 is 10.5 Å². The van der Waals surface area contributed by atoms with Crippen LogP contribution >= 0.6 is 17.0 Å². The first-order chi connectivity index (χ1) is 25.8. The van der Waals surface area contributed by atoms with Gasteiger partial charge in [-0.25, -0.2) is 0 Å². The summed E-state index contributed by atoms with van der Waals surface area (Å²) in [5.74, 6) is -0.380. The van der Waals surface area contributed by atoms with Crippen molar-refractivity contribution in [2.75, 3.05) is 0 Å². The number of benzene rings is 4. The van der Waals surface area contributed by atoms with E-state index in [0.717, 1.165) is 59.1 Å². The zero-order chi connectivity index (χ0) is 39.0. The summed E-state index contributed by atoms with van der Waals surface area (Å²) < 4.78 is -1.69. The molecule has 0 saturated carbocycles. The molecule has 6 rings (SSSR count). The van der Waals surface area contributed by atoms with Crippen LogP contribution in [0.15, 0.2) is 83.9 Å². The third-order valence-corrected chi connectivity index (χ3v) is 32.0. The first-order valence-corrected chi connectivity index (χ1v) is 30.3. The van der Waals surface area contributed by atoms with Gasteiger partial charge in [-0.2, -0.15) is 0 Å². The number of hydrogen-bond donors (Lipinski definition) is 2. The predicted octanol–water partition coefficient (Wildman–Crippen LogP) is 12.5. The van der Waals surface area contributed by atoms with E-state index < -0.39 is 20.7 Å². The molecule has 0 spiro atoms. The summed E-state index contributed by atoms with van der Waals surface area (Å²) in [7, 11) is 17.7. The van der Waals surface area contributed by atoms with Gasteiger partial charge in [-0.1, -0.05) is 0 Å².